The van der Waals surface area contributed by atoms with Gasteiger partial charge in [-0.05, 0) is 77.3 Å². The highest BCUT2D eigenvalue weighted by molar-refractivity contribution is 6.99. The van der Waals surface area contributed by atoms with Crippen LogP contribution in [0.1, 0.15) is 69.6 Å². The second kappa shape index (κ2) is 18.6. The highest BCUT2D eigenvalue weighted by atomic mass is 28.4. The first-order valence-corrected chi connectivity index (χ1v) is 31.8. The van der Waals surface area contributed by atoms with Crippen molar-refractivity contribution in [1.29, 1.82) is 0 Å². The SMILES string of the molecule is CC(CO[Si](c1ccccc1)(c1ccccc1)C(C)(C)C)N(C)C(=O)c1ccc2cc(-c3nn(COCC[Si](C)(C)C)c4c3CCC(C)(C)C4)n(COCC[Si](C)(C)C)c2c1. The molecule has 11 heteroatoms. The number of ether oxygens (including phenoxy) is 2. The van der Waals surface area contributed by atoms with Crippen LogP contribution in [0.25, 0.3) is 22.3 Å². The van der Waals surface area contributed by atoms with Gasteiger partial charge in [0.15, 0.2) is 0 Å². The first-order valence-electron chi connectivity index (χ1n) is 22.5. The minimum absolute atomic E-state index is 0.0336. The van der Waals surface area contributed by atoms with Crippen molar-refractivity contribution in [2.45, 2.75) is 137 Å². The predicted molar refractivity (Wildman–Crippen MR) is 262 cm³/mol. The van der Waals surface area contributed by atoms with E-state index in [0.717, 1.165) is 60.2 Å². The van der Waals surface area contributed by atoms with Gasteiger partial charge in [-0.1, -0.05) is 141 Å². The lowest BCUT2D eigenvalue weighted by Crippen LogP contribution is -2.67. The summed E-state index contributed by atoms with van der Waals surface area (Å²) in [4.78, 5) is 16.4. The third-order valence-electron chi connectivity index (χ3n) is 12.6. The lowest BCUT2D eigenvalue weighted by atomic mass is 9.76. The van der Waals surface area contributed by atoms with E-state index in [2.05, 4.69) is 169 Å². The standard InChI is InChI=1S/C50H74N4O4Si3/c1-38(35-58-61(49(2,3)4,41-20-16-14-17-21-41)42-22-18-15-19-23-42)52(7)48(55)40-25-24-39-32-45(53(44(39)33-40)36-56-28-30-59(8,9)10)47-43-26-27-50(5,6)34-46(43)54(51-47)37-57-29-31-60(11,12)13/h14-25,32-33,38H,26-31,34-37H2,1-13H3. The Morgan fingerprint density at radius 1 is 0.836 bits per heavy atom. The van der Waals surface area contributed by atoms with E-state index in [-0.39, 0.29) is 22.4 Å². The lowest BCUT2D eigenvalue weighted by Gasteiger charge is -2.44. The predicted octanol–water partition coefficient (Wildman–Crippen LogP) is 10.7. The molecule has 0 saturated heterocycles. The van der Waals surface area contributed by atoms with Crippen LogP contribution in [0.5, 0.6) is 0 Å². The van der Waals surface area contributed by atoms with Gasteiger partial charge in [0.05, 0.1) is 23.9 Å². The first kappa shape index (κ1) is 46.9. The zero-order valence-corrected chi connectivity index (χ0v) is 42.7. The van der Waals surface area contributed by atoms with Crippen molar-refractivity contribution in [3.8, 4) is 11.4 Å². The fourth-order valence-corrected chi connectivity index (χ4v) is 14.8. The Kier molecular flexibility index (Phi) is 14.3. The maximum Gasteiger partial charge on any atom is 0.261 e. The molecule has 330 valence electrons. The maximum atomic E-state index is 14.5. The van der Waals surface area contributed by atoms with E-state index in [0.29, 0.717) is 32.2 Å². The fourth-order valence-electron chi connectivity index (χ4n) is 8.62. The van der Waals surface area contributed by atoms with E-state index in [9.17, 15) is 4.79 Å². The molecule has 0 spiro atoms. The molecular formula is C50H74N4O4Si3. The van der Waals surface area contributed by atoms with Crippen LogP contribution in [0.2, 0.25) is 56.4 Å². The van der Waals surface area contributed by atoms with Crippen LogP contribution in [-0.2, 0) is 40.2 Å². The Morgan fingerprint density at radius 2 is 1.41 bits per heavy atom. The van der Waals surface area contributed by atoms with Gasteiger partial charge in [0.1, 0.15) is 19.2 Å². The van der Waals surface area contributed by atoms with Crippen LogP contribution in [0, 0.1) is 5.41 Å². The number of carbonyl (C=O) groups is 1. The van der Waals surface area contributed by atoms with Gasteiger partial charge < -0.3 is 23.4 Å². The Morgan fingerprint density at radius 3 is 1.97 bits per heavy atom. The number of amides is 1. The topological polar surface area (TPSA) is 70.8 Å². The summed E-state index contributed by atoms with van der Waals surface area (Å²) >= 11 is 0. The first-order chi connectivity index (χ1) is 28.6. The number of benzene rings is 3. The molecular weight excluding hydrogens is 805 g/mol. The van der Waals surface area contributed by atoms with Crippen molar-refractivity contribution >= 4 is 51.6 Å². The average Bonchev–Trinajstić information content (AvgIpc) is 3.73. The monoisotopic (exact) mass is 879 g/mol. The van der Waals surface area contributed by atoms with Gasteiger partial charge in [-0.15, -0.1) is 0 Å². The van der Waals surface area contributed by atoms with E-state index in [4.69, 9.17) is 19.0 Å². The molecule has 0 radical (unpaired) electrons. The van der Waals surface area contributed by atoms with Crippen molar-refractivity contribution in [1.82, 2.24) is 19.2 Å². The molecule has 1 unspecified atom stereocenters. The van der Waals surface area contributed by atoms with Crippen LogP contribution >= 0.6 is 0 Å². The van der Waals surface area contributed by atoms with E-state index >= 15 is 0 Å². The Balaban J connectivity index is 1.32. The molecule has 6 rings (SSSR count). The molecule has 0 aliphatic heterocycles. The van der Waals surface area contributed by atoms with Crippen molar-refractivity contribution in [3.63, 3.8) is 0 Å². The minimum atomic E-state index is -2.77. The van der Waals surface area contributed by atoms with Crippen LogP contribution in [0.3, 0.4) is 0 Å². The second-order valence-corrected chi connectivity index (χ2v) is 37.3. The molecule has 0 N–H and O–H groups in total. The summed E-state index contributed by atoms with van der Waals surface area (Å²) in [5.74, 6) is -0.0336. The van der Waals surface area contributed by atoms with E-state index in [1.54, 1.807) is 0 Å². The van der Waals surface area contributed by atoms with Crippen molar-refractivity contribution in [2.75, 3.05) is 26.9 Å². The summed E-state index contributed by atoms with van der Waals surface area (Å²) in [5.41, 5.74) is 6.44. The van der Waals surface area contributed by atoms with Crippen LogP contribution in [-0.4, -0.2) is 82.5 Å². The minimum Gasteiger partial charge on any atom is -0.405 e. The molecule has 0 bridgehead atoms. The third kappa shape index (κ3) is 11.0. The number of hydrogen-bond donors (Lipinski definition) is 0. The second-order valence-electron chi connectivity index (χ2n) is 21.8. The Bertz CT molecular complexity index is 2210. The van der Waals surface area contributed by atoms with E-state index < -0.39 is 24.5 Å². The smallest absolute Gasteiger partial charge is 0.261 e. The number of fused-ring (bicyclic) bond motifs is 2. The molecule has 1 aliphatic carbocycles. The number of nitrogens with zero attached hydrogens (tertiary/aromatic N) is 4. The van der Waals surface area contributed by atoms with Gasteiger partial charge >= 0.3 is 0 Å². The molecule has 5 aromatic rings. The van der Waals surface area contributed by atoms with Crippen molar-refractivity contribution in [3.05, 3.63) is 102 Å². The number of likely N-dealkylation sites (N-methyl/N-ethyl adjacent to an activating group) is 1. The molecule has 8 nitrogen and oxygen atoms in total. The molecule has 2 heterocycles. The molecule has 1 amide bonds. The lowest BCUT2D eigenvalue weighted by molar-refractivity contribution is 0.0691. The summed E-state index contributed by atoms with van der Waals surface area (Å²) < 4.78 is 24.5. The molecule has 0 fully saturated rings. The zero-order valence-electron chi connectivity index (χ0n) is 39.7. The number of aromatic nitrogens is 3. The molecule has 0 saturated carbocycles. The number of hydrogen-bond acceptors (Lipinski definition) is 5. The molecule has 2 aromatic heterocycles. The summed E-state index contributed by atoms with van der Waals surface area (Å²) in [5, 5.41) is 8.71. The third-order valence-corrected chi connectivity index (χ3v) is 21.0. The summed E-state index contributed by atoms with van der Waals surface area (Å²) in [7, 11) is -3.39. The van der Waals surface area contributed by atoms with Gasteiger partial charge in [-0.3, -0.25) is 4.79 Å². The molecule has 3 aromatic carbocycles. The average molecular weight is 879 g/mol. The normalized spacial score (nSPS) is 15.2. The number of rotatable bonds is 18. The molecule has 61 heavy (non-hydrogen) atoms. The van der Waals surface area contributed by atoms with Crippen molar-refractivity contribution in [2.24, 2.45) is 5.41 Å². The highest BCUT2D eigenvalue weighted by Crippen LogP contribution is 2.41. The van der Waals surface area contributed by atoms with Gasteiger partial charge in [0.2, 0.25) is 0 Å². The fraction of sp³-hybridized carbons (Fsp3) is 0.520. The number of carbonyl (C=O) groups excluding carboxylic acids is 1. The maximum absolute atomic E-state index is 14.5. The molecule has 1 atom stereocenters. The van der Waals surface area contributed by atoms with Gasteiger partial charge in [-0.25, -0.2) is 4.68 Å². The van der Waals surface area contributed by atoms with E-state index in [1.165, 1.54) is 21.6 Å². The van der Waals surface area contributed by atoms with Crippen LogP contribution < -0.4 is 10.4 Å². The van der Waals surface area contributed by atoms with Gasteiger partial charge in [-0.2, -0.15) is 5.10 Å². The summed E-state index contributed by atoms with van der Waals surface area (Å²) in [6, 6.07) is 31.8. The summed E-state index contributed by atoms with van der Waals surface area (Å²) in [6.07, 6.45) is 3.03. The largest absolute Gasteiger partial charge is 0.405 e. The van der Waals surface area contributed by atoms with Gasteiger partial charge in [0.25, 0.3) is 14.2 Å². The highest BCUT2D eigenvalue weighted by Gasteiger charge is 2.50. The Labute approximate surface area is 370 Å². The van der Waals surface area contributed by atoms with Gasteiger partial charge in [0, 0.05) is 58.6 Å². The van der Waals surface area contributed by atoms with Crippen molar-refractivity contribution < 1.29 is 18.7 Å². The van der Waals surface area contributed by atoms with E-state index in [1.807, 2.05) is 18.0 Å². The van der Waals surface area contributed by atoms with Crippen LogP contribution in [0.4, 0.5) is 0 Å². The molecule has 1 aliphatic rings. The Hall–Kier alpha value is -3.59. The quantitative estimate of drug-likeness (QED) is 0.0648. The van der Waals surface area contributed by atoms with Crippen LogP contribution in [0.15, 0.2) is 84.9 Å². The zero-order chi connectivity index (χ0) is 44.4. The summed E-state index contributed by atoms with van der Waals surface area (Å²) in [6.45, 7) is 30.7.